The van der Waals surface area contributed by atoms with Crippen LogP contribution in [0.5, 0.6) is 0 Å². The topological polar surface area (TPSA) is 128 Å². The van der Waals surface area contributed by atoms with Gasteiger partial charge in [-0.15, -0.1) is 0 Å². The molecular weight excluding hydrogens is 414 g/mol. The summed E-state index contributed by atoms with van der Waals surface area (Å²) < 4.78 is 10.7. The summed E-state index contributed by atoms with van der Waals surface area (Å²) in [5.41, 5.74) is 2.25. The van der Waals surface area contributed by atoms with E-state index >= 15 is 0 Å². The van der Waals surface area contributed by atoms with Crippen LogP contribution in [0.25, 0.3) is 11.3 Å². The number of hydrogen-bond donors (Lipinski definition) is 2. The van der Waals surface area contributed by atoms with Crippen LogP contribution >= 0.6 is 0 Å². The minimum atomic E-state index is -0.497. The zero-order valence-corrected chi connectivity index (χ0v) is 16.8. The van der Waals surface area contributed by atoms with Crippen molar-refractivity contribution in [1.82, 2.24) is 0 Å². The van der Waals surface area contributed by atoms with E-state index in [1.54, 1.807) is 55.5 Å². The first-order chi connectivity index (χ1) is 15.4. The summed E-state index contributed by atoms with van der Waals surface area (Å²) in [6, 6.07) is 17.2. The van der Waals surface area contributed by atoms with Crippen LogP contribution in [0.1, 0.15) is 26.7 Å². The molecule has 32 heavy (non-hydrogen) atoms. The Morgan fingerprint density at radius 1 is 0.906 bits per heavy atom. The van der Waals surface area contributed by atoms with Gasteiger partial charge in [-0.05, 0) is 55.0 Å². The molecule has 0 radical (unpaired) electrons. The van der Waals surface area contributed by atoms with Crippen molar-refractivity contribution in [1.29, 1.82) is 0 Å². The molecule has 4 aromatic rings. The first-order valence-electron chi connectivity index (χ1n) is 9.52. The Morgan fingerprint density at radius 3 is 2.44 bits per heavy atom. The largest absolute Gasteiger partial charge is 0.459 e. The number of aryl methyl sites for hydroxylation is 1. The van der Waals surface area contributed by atoms with Crippen LogP contribution in [0.4, 0.5) is 17.1 Å². The molecule has 0 unspecified atom stereocenters. The molecule has 2 aromatic carbocycles. The van der Waals surface area contributed by atoms with Gasteiger partial charge in [-0.3, -0.25) is 19.7 Å². The maximum Gasteiger partial charge on any atom is 0.291 e. The molecule has 0 saturated heterocycles. The van der Waals surface area contributed by atoms with Gasteiger partial charge in [0.1, 0.15) is 5.76 Å². The second-order valence-electron chi connectivity index (χ2n) is 6.89. The maximum absolute atomic E-state index is 12.6. The van der Waals surface area contributed by atoms with Crippen molar-refractivity contribution in [3.63, 3.8) is 0 Å². The van der Waals surface area contributed by atoms with Crippen LogP contribution in [-0.4, -0.2) is 16.7 Å². The van der Waals surface area contributed by atoms with E-state index in [-0.39, 0.29) is 23.1 Å². The average molecular weight is 431 g/mol. The minimum Gasteiger partial charge on any atom is -0.459 e. The second-order valence-corrected chi connectivity index (χ2v) is 6.89. The third-order valence-electron chi connectivity index (χ3n) is 4.65. The van der Waals surface area contributed by atoms with E-state index in [1.807, 2.05) is 0 Å². The van der Waals surface area contributed by atoms with E-state index in [2.05, 4.69) is 10.6 Å². The van der Waals surface area contributed by atoms with E-state index < -0.39 is 10.8 Å². The van der Waals surface area contributed by atoms with Gasteiger partial charge in [0.15, 0.2) is 11.5 Å². The number of amides is 2. The molecule has 0 saturated carbocycles. The predicted octanol–water partition coefficient (Wildman–Crippen LogP) is 5.26. The number of nitrogens with one attached hydrogen (secondary N) is 2. The number of nitro benzene ring substituents is 1. The first-order valence-corrected chi connectivity index (χ1v) is 9.52. The molecule has 0 bridgehead atoms. The van der Waals surface area contributed by atoms with Crippen molar-refractivity contribution in [2.75, 3.05) is 10.6 Å². The molecule has 2 amide bonds. The Bertz CT molecular complexity index is 1310. The number of furan rings is 2. The Balaban J connectivity index is 1.45. The number of nitrogens with zero attached hydrogens (tertiary/aromatic N) is 1. The highest BCUT2D eigenvalue weighted by molar-refractivity contribution is 6.04. The fourth-order valence-electron chi connectivity index (χ4n) is 3.05. The van der Waals surface area contributed by atoms with Gasteiger partial charge in [0.05, 0.1) is 11.2 Å². The van der Waals surface area contributed by atoms with Gasteiger partial charge in [-0.2, -0.15) is 0 Å². The summed E-state index contributed by atoms with van der Waals surface area (Å²) in [6.07, 6.45) is 1.42. The van der Waals surface area contributed by atoms with Crippen molar-refractivity contribution in [2.45, 2.75) is 6.92 Å². The van der Waals surface area contributed by atoms with E-state index in [9.17, 15) is 19.7 Å². The summed E-state index contributed by atoms with van der Waals surface area (Å²) in [5, 5.41) is 16.4. The summed E-state index contributed by atoms with van der Waals surface area (Å²) in [4.78, 5) is 35.2. The first kappa shape index (κ1) is 20.6. The van der Waals surface area contributed by atoms with Crippen LogP contribution in [0, 0.1) is 17.0 Å². The third kappa shape index (κ3) is 4.41. The van der Waals surface area contributed by atoms with Gasteiger partial charge in [-0.25, -0.2) is 0 Å². The molecule has 0 aliphatic rings. The van der Waals surface area contributed by atoms with E-state index in [0.29, 0.717) is 22.7 Å². The number of nitro groups is 1. The lowest BCUT2D eigenvalue weighted by Gasteiger charge is -2.10. The Kier molecular flexibility index (Phi) is 5.54. The van der Waals surface area contributed by atoms with Gasteiger partial charge in [-0.1, -0.05) is 12.1 Å². The van der Waals surface area contributed by atoms with Crippen LogP contribution in [0.3, 0.4) is 0 Å². The lowest BCUT2D eigenvalue weighted by molar-refractivity contribution is -0.384. The molecule has 4 rings (SSSR count). The maximum atomic E-state index is 12.6. The average Bonchev–Trinajstić information content (AvgIpc) is 3.48. The zero-order valence-electron chi connectivity index (χ0n) is 16.8. The van der Waals surface area contributed by atoms with Crippen LogP contribution in [-0.2, 0) is 0 Å². The van der Waals surface area contributed by atoms with Gasteiger partial charge < -0.3 is 19.5 Å². The van der Waals surface area contributed by atoms with Crippen LogP contribution < -0.4 is 10.6 Å². The number of carbonyl (C=O) groups is 2. The molecule has 0 fully saturated rings. The number of rotatable bonds is 6. The van der Waals surface area contributed by atoms with E-state index in [0.717, 1.165) is 5.56 Å². The normalized spacial score (nSPS) is 10.5. The number of non-ortho nitro benzene ring substituents is 1. The highest BCUT2D eigenvalue weighted by Gasteiger charge is 2.16. The predicted molar refractivity (Wildman–Crippen MR) is 117 cm³/mol. The van der Waals surface area contributed by atoms with Crippen molar-refractivity contribution in [2.24, 2.45) is 0 Å². The molecule has 2 aromatic heterocycles. The highest BCUT2D eigenvalue weighted by Crippen LogP contribution is 2.27. The zero-order chi connectivity index (χ0) is 22.7. The molecular formula is C23H17N3O6. The standard InChI is InChI=1S/C23H17N3O6/c1-14-12-16(7-8-18(14)25-22(27)20-6-3-11-31-20)24-23(28)21-10-9-19(32-21)15-4-2-5-17(13-15)26(29)30/h2-13H,1H3,(H,24,28)(H,25,27). The number of benzene rings is 2. The SMILES string of the molecule is Cc1cc(NC(=O)c2ccc(-c3cccc([N+](=O)[O-])c3)o2)ccc1NC(=O)c1ccco1. The Labute approximate surface area is 181 Å². The minimum absolute atomic E-state index is 0.0550. The molecule has 9 heteroatoms. The van der Waals surface area contributed by atoms with Gasteiger partial charge in [0.2, 0.25) is 0 Å². The number of carbonyl (C=O) groups excluding carboxylic acids is 2. The molecule has 2 heterocycles. The van der Waals surface area contributed by atoms with Crippen molar-refractivity contribution in [3.8, 4) is 11.3 Å². The number of hydrogen-bond acceptors (Lipinski definition) is 6. The van der Waals surface area contributed by atoms with Gasteiger partial charge in [0, 0.05) is 29.1 Å². The van der Waals surface area contributed by atoms with E-state index in [4.69, 9.17) is 8.83 Å². The summed E-state index contributed by atoms with van der Waals surface area (Å²) in [5.74, 6) is -0.267. The monoisotopic (exact) mass is 431 g/mol. The highest BCUT2D eigenvalue weighted by atomic mass is 16.6. The van der Waals surface area contributed by atoms with E-state index in [1.165, 1.54) is 24.5 Å². The molecule has 9 nitrogen and oxygen atoms in total. The van der Waals surface area contributed by atoms with Crippen molar-refractivity contribution < 1.29 is 23.3 Å². The smallest absolute Gasteiger partial charge is 0.291 e. The molecule has 0 aliphatic carbocycles. The fraction of sp³-hybridized carbons (Fsp3) is 0.0435. The Morgan fingerprint density at radius 2 is 1.72 bits per heavy atom. The Hall–Kier alpha value is -4.66. The molecule has 160 valence electrons. The molecule has 0 atom stereocenters. The lowest BCUT2D eigenvalue weighted by Crippen LogP contribution is -2.13. The quantitative estimate of drug-likeness (QED) is 0.317. The van der Waals surface area contributed by atoms with Crippen LogP contribution in [0.15, 0.2) is 81.8 Å². The summed E-state index contributed by atoms with van der Waals surface area (Å²) >= 11 is 0. The van der Waals surface area contributed by atoms with Crippen molar-refractivity contribution in [3.05, 3.63) is 100 Å². The fourth-order valence-corrected chi connectivity index (χ4v) is 3.05. The summed E-state index contributed by atoms with van der Waals surface area (Å²) in [6.45, 7) is 1.79. The van der Waals surface area contributed by atoms with Crippen LogP contribution in [0.2, 0.25) is 0 Å². The van der Waals surface area contributed by atoms with Gasteiger partial charge in [0.25, 0.3) is 17.5 Å². The number of anilines is 2. The summed E-state index contributed by atoms with van der Waals surface area (Å²) in [7, 11) is 0. The third-order valence-corrected chi connectivity index (χ3v) is 4.65. The van der Waals surface area contributed by atoms with Gasteiger partial charge >= 0.3 is 0 Å². The second kappa shape index (κ2) is 8.60. The molecule has 2 N–H and O–H groups in total. The molecule has 0 spiro atoms. The lowest BCUT2D eigenvalue weighted by atomic mass is 10.1. The molecule has 0 aliphatic heterocycles. The van der Waals surface area contributed by atoms with Crippen molar-refractivity contribution >= 4 is 28.9 Å².